The van der Waals surface area contributed by atoms with E-state index in [1.807, 2.05) is 13.0 Å². The summed E-state index contributed by atoms with van der Waals surface area (Å²) in [6.07, 6.45) is 1.80. The molecule has 0 radical (unpaired) electrons. The molecule has 0 saturated carbocycles. The van der Waals surface area contributed by atoms with Crippen LogP contribution in [0.25, 0.3) is 0 Å². The van der Waals surface area contributed by atoms with Gasteiger partial charge in [0.25, 0.3) is 0 Å². The standard InChI is InChI=1S/C17H27N3O2/c1-3-18-16(21)19-13-17(9-11-22-12-10-17)20-14(2)15-7-5-4-6-8-15/h4-8,14,20H,3,9-13H2,1-2H3,(H2,18,19,21). The number of hydrogen-bond donors (Lipinski definition) is 3. The van der Waals surface area contributed by atoms with Gasteiger partial charge >= 0.3 is 6.03 Å². The quantitative estimate of drug-likeness (QED) is 0.755. The maximum Gasteiger partial charge on any atom is 0.314 e. The summed E-state index contributed by atoms with van der Waals surface area (Å²) in [5, 5.41) is 9.48. The summed E-state index contributed by atoms with van der Waals surface area (Å²) in [4.78, 5) is 11.7. The first-order valence-corrected chi connectivity index (χ1v) is 8.07. The fourth-order valence-electron chi connectivity index (χ4n) is 2.89. The lowest BCUT2D eigenvalue weighted by Gasteiger charge is -2.40. The SMILES string of the molecule is CCNC(=O)NCC1(NC(C)c2ccccc2)CCOCC1. The minimum absolute atomic E-state index is 0.109. The van der Waals surface area contributed by atoms with Gasteiger partial charge in [0.05, 0.1) is 0 Å². The number of amides is 2. The topological polar surface area (TPSA) is 62.4 Å². The van der Waals surface area contributed by atoms with Crippen LogP contribution >= 0.6 is 0 Å². The van der Waals surface area contributed by atoms with Gasteiger partial charge in [0.15, 0.2) is 0 Å². The van der Waals surface area contributed by atoms with E-state index >= 15 is 0 Å². The highest BCUT2D eigenvalue weighted by Gasteiger charge is 2.34. The normalized spacial score (nSPS) is 18.5. The van der Waals surface area contributed by atoms with Crippen molar-refractivity contribution in [1.29, 1.82) is 0 Å². The molecule has 2 rings (SSSR count). The van der Waals surface area contributed by atoms with Gasteiger partial charge in [-0.05, 0) is 32.3 Å². The third-order valence-corrected chi connectivity index (χ3v) is 4.20. The molecule has 1 unspecified atom stereocenters. The molecule has 1 atom stereocenters. The van der Waals surface area contributed by atoms with Gasteiger partial charge in [-0.3, -0.25) is 0 Å². The molecule has 0 spiro atoms. The molecule has 1 aliphatic heterocycles. The van der Waals surface area contributed by atoms with Crippen molar-refractivity contribution in [2.24, 2.45) is 0 Å². The van der Waals surface area contributed by atoms with Crippen LogP contribution in [0.3, 0.4) is 0 Å². The van der Waals surface area contributed by atoms with Gasteiger partial charge in [-0.25, -0.2) is 4.79 Å². The number of rotatable bonds is 6. The molecule has 1 fully saturated rings. The first-order valence-electron chi connectivity index (χ1n) is 8.07. The smallest absolute Gasteiger partial charge is 0.314 e. The Bertz CT molecular complexity index is 458. The molecule has 1 saturated heterocycles. The molecule has 0 bridgehead atoms. The third kappa shape index (κ3) is 4.71. The number of nitrogens with one attached hydrogen (secondary N) is 3. The Balaban J connectivity index is 2.00. The van der Waals surface area contributed by atoms with E-state index < -0.39 is 0 Å². The molecular formula is C17H27N3O2. The summed E-state index contributed by atoms with van der Waals surface area (Å²) in [7, 11) is 0. The van der Waals surface area contributed by atoms with Crippen LogP contribution in [0.4, 0.5) is 4.79 Å². The van der Waals surface area contributed by atoms with Crippen LogP contribution in [0.15, 0.2) is 30.3 Å². The van der Waals surface area contributed by atoms with Crippen molar-refractivity contribution in [2.45, 2.75) is 38.3 Å². The zero-order valence-corrected chi connectivity index (χ0v) is 13.5. The average Bonchev–Trinajstić information content (AvgIpc) is 2.55. The van der Waals surface area contributed by atoms with E-state index in [0.717, 1.165) is 26.1 Å². The zero-order chi connectivity index (χ0) is 15.8. The lowest BCUT2D eigenvalue weighted by atomic mass is 9.88. The number of carbonyl (C=O) groups is 1. The van der Waals surface area contributed by atoms with Crippen LogP contribution in [0, 0.1) is 0 Å². The van der Waals surface area contributed by atoms with E-state index in [4.69, 9.17) is 4.74 Å². The monoisotopic (exact) mass is 305 g/mol. The van der Waals surface area contributed by atoms with Crippen LogP contribution in [-0.2, 0) is 4.74 Å². The number of benzene rings is 1. The minimum Gasteiger partial charge on any atom is -0.381 e. The summed E-state index contributed by atoms with van der Waals surface area (Å²) in [5.74, 6) is 0. The van der Waals surface area contributed by atoms with E-state index in [-0.39, 0.29) is 17.6 Å². The molecule has 22 heavy (non-hydrogen) atoms. The largest absolute Gasteiger partial charge is 0.381 e. The van der Waals surface area contributed by atoms with Gasteiger partial charge in [0.2, 0.25) is 0 Å². The molecule has 1 aromatic rings. The second kappa shape index (κ2) is 8.15. The Morgan fingerprint density at radius 2 is 1.91 bits per heavy atom. The Kier molecular flexibility index (Phi) is 6.21. The summed E-state index contributed by atoms with van der Waals surface area (Å²) in [5.41, 5.74) is 1.14. The average molecular weight is 305 g/mol. The fraction of sp³-hybridized carbons (Fsp3) is 0.588. The van der Waals surface area contributed by atoms with Crippen molar-refractivity contribution in [1.82, 2.24) is 16.0 Å². The summed E-state index contributed by atoms with van der Waals surface area (Å²) < 4.78 is 5.50. The number of hydrogen-bond acceptors (Lipinski definition) is 3. The first-order chi connectivity index (χ1) is 10.7. The molecule has 0 aromatic heterocycles. The van der Waals surface area contributed by atoms with E-state index in [1.54, 1.807) is 0 Å². The molecule has 2 amide bonds. The molecule has 1 heterocycles. The van der Waals surface area contributed by atoms with E-state index in [0.29, 0.717) is 13.1 Å². The third-order valence-electron chi connectivity index (χ3n) is 4.20. The summed E-state index contributed by atoms with van der Waals surface area (Å²) in [6.45, 7) is 6.78. The minimum atomic E-state index is -0.113. The maximum absolute atomic E-state index is 11.7. The van der Waals surface area contributed by atoms with Gasteiger partial charge in [-0.1, -0.05) is 30.3 Å². The Labute approximate surface area is 132 Å². The second-order valence-electron chi connectivity index (χ2n) is 5.88. The molecule has 0 aliphatic carbocycles. The lowest BCUT2D eigenvalue weighted by molar-refractivity contribution is 0.0347. The first kappa shape index (κ1) is 16.8. The van der Waals surface area contributed by atoms with Gasteiger partial charge in [-0.15, -0.1) is 0 Å². The van der Waals surface area contributed by atoms with Gasteiger partial charge in [0.1, 0.15) is 0 Å². The van der Waals surface area contributed by atoms with Crippen molar-refractivity contribution in [3.05, 3.63) is 35.9 Å². The molecule has 5 nitrogen and oxygen atoms in total. The Hall–Kier alpha value is -1.59. The highest BCUT2D eigenvalue weighted by Crippen LogP contribution is 2.24. The predicted molar refractivity (Wildman–Crippen MR) is 87.9 cm³/mol. The lowest BCUT2D eigenvalue weighted by Crippen LogP contribution is -2.58. The highest BCUT2D eigenvalue weighted by molar-refractivity contribution is 5.73. The van der Waals surface area contributed by atoms with Gasteiger partial charge in [-0.2, -0.15) is 0 Å². The molecule has 1 aromatic carbocycles. The van der Waals surface area contributed by atoms with E-state index in [9.17, 15) is 4.79 Å². The van der Waals surface area contributed by atoms with Crippen LogP contribution in [0.5, 0.6) is 0 Å². The fourth-order valence-corrected chi connectivity index (χ4v) is 2.89. The van der Waals surface area contributed by atoms with Crippen LogP contribution < -0.4 is 16.0 Å². The van der Waals surface area contributed by atoms with Crippen molar-refractivity contribution in [3.63, 3.8) is 0 Å². The molecule has 5 heteroatoms. The van der Waals surface area contributed by atoms with Crippen LogP contribution in [-0.4, -0.2) is 37.9 Å². The van der Waals surface area contributed by atoms with E-state index in [1.165, 1.54) is 5.56 Å². The maximum atomic E-state index is 11.7. The van der Waals surface area contributed by atoms with Gasteiger partial charge in [0, 0.05) is 37.9 Å². The second-order valence-corrected chi connectivity index (χ2v) is 5.88. The molecular weight excluding hydrogens is 278 g/mol. The van der Waals surface area contributed by atoms with E-state index in [2.05, 4.69) is 47.1 Å². The number of carbonyl (C=O) groups excluding carboxylic acids is 1. The predicted octanol–water partition coefficient (Wildman–Crippen LogP) is 2.21. The van der Waals surface area contributed by atoms with Crippen LogP contribution in [0.1, 0.15) is 38.3 Å². The van der Waals surface area contributed by atoms with Crippen molar-refractivity contribution in [2.75, 3.05) is 26.3 Å². The highest BCUT2D eigenvalue weighted by atomic mass is 16.5. The van der Waals surface area contributed by atoms with Crippen molar-refractivity contribution >= 4 is 6.03 Å². The molecule has 3 N–H and O–H groups in total. The summed E-state index contributed by atoms with van der Waals surface area (Å²) >= 11 is 0. The summed E-state index contributed by atoms with van der Waals surface area (Å²) in [6, 6.07) is 10.5. The number of ether oxygens (including phenoxy) is 1. The van der Waals surface area contributed by atoms with Crippen molar-refractivity contribution in [3.8, 4) is 0 Å². The Morgan fingerprint density at radius 1 is 1.23 bits per heavy atom. The molecule has 1 aliphatic rings. The zero-order valence-electron chi connectivity index (χ0n) is 13.5. The Morgan fingerprint density at radius 3 is 2.55 bits per heavy atom. The number of urea groups is 1. The molecule has 122 valence electrons. The van der Waals surface area contributed by atoms with Crippen molar-refractivity contribution < 1.29 is 9.53 Å². The van der Waals surface area contributed by atoms with Gasteiger partial charge < -0.3 is 20.7 Å². The van der Waals surface area contributed by atoms with Crippen LogP contribution in [0.2, 0.25) is 0 Å².